The maximum Gasteiger partial charge on any atom is 0.119 e. The first-order chi connectivity index (χ1) is 8.78. The molecule has 1 aromatic rings. The van der Waals surface area contributed by atoms with Crippen molar-refractivity contribution in [3.63, 3.8) is 0 Å². The molecule has 1 aliphatic rings. The highest BCUT2D eigenvalue weighted by Gasteiger charge is 2.22. The normalized spacial score (nSPS) is 15.1. The average Bonchev–Trinajstić information content (AvgIpc) is 3.19. The van der Waals surface area contributed by atoms with E-state index < -0.39 is 0 Å². The SMILES string of the molecule is CN(CCCOc1cccc(CN)c1)CC1CC1. The Labute approximate surface area is 110 Å². The van der Waals surface area contributed by atoms with Gasteiger partial charge in [-0.25, -0.2) is 0 Å². The molecule has 0 radical (unpaired) electrons. The zero-order valence-corrected chi connectivity index (χ0v) is 11.3. The molecule has 0 spiro atoms. The van der Waals surface area contributed by atoms with E-state index in [1.807, 2.05) is 24.3 Å². The van der Waals surface area contributed by atoms with Crippen LogP contribution in [0.15, 0.2) is 24.3 Å². The van der Waals surface area contributed by atoms with Crippen molar-refractivity contribution in [2.75, 3.05) is 26.7 Å². The van der Waals surface area contributed by atoms with Gasteiger partial charge in [0.1, 0.15) is 5.75 Å². The quantitative estimate of drug-likeness (QED) is 0.717. The van der Waals surface area contributed by atoms with E-state index in [-0.39, 0.29) is 0 Å². The molecular formula is C15H24N2O. The highest BCUT2D eigenvalue weighted by atomic mass is 16.5. The second-order valence-corrected chi connectivity index (χ2v) is 5.26. The summed E-state index contributed by atoms with van der Waals surface area (Å²) in [6.07, 6.45) is 3.93. The monoisotopic (exact) mass is 248 g/mol. The van der Waals surface area contributed by atoms with E-state index in [1.54, 1.807) is 0 Å². The lowest BCUT2D eigenvalue weighted by atomic mass is 10.2. The Morgan fingerprint density at radius 2 is 2.22 bits per heavy atom. The van der Waals surface area contributed by atoms with Gasteiger partial charge in [0.05, 0.1) is 6.61 Å². The van der Waals surface area contributed by atoms with Crippen molar-refractivity contribution in [1.29, 1.82) is 0 Å². The molecule has 0 atom stereocenters. The van der Waals surface area contributed by atoms with Gasteiger partial charge in [-0.05, 0) is 49.9 Å². The lowest BCUT2D eigenvalue weighted by Crippen LogP contribution is -2.23. The molecule has 0 amide bonds. The summed E-state index contributed by atoms with van der Waals surface area (Å²) >= 11 is 0. The van der Waals surface area contributed by atoms with E-state index in [4.69, 9.17) is 10.5 Å². The maximum atomic E-state index is 5.74. The van der Waals surface area contributed by atoms with Gasteiger partial charge in [0, 0.05) is 19.6 Å². The topological polar surface area (TPSA) is 38.5 Å². The summed E-state index contributed by atoms with van der Waals surface area (Å²) in [5.74, 6) is 1.90. The molecule has 0 saturated heterocycles. The third-order valence-corrected chi connectivity index (χ3v) is 3.35. The molecule has 0 aliphatic heterocycles. The predicted molar refractivity (Wildman–Crippen MR) is 74.7 cm³/mol. The van der Waals surface area contributed by atoms with Gasteiger partial charge in [0.15, 0.2) is 0 Å². The van der Waals surface area contributed by atoms with Gasteiger partial charge >= 0.3 is 0 Å². The molecule has 3 heteroatoms. The molecule has 1 fully saturated rings. The van der Waals surface area contributed by atoms with Crippen LogP contribution in [-0.2, 0) is 6.54 Å². The molecule has 1 aliphatic carbocycles. The summed E-state index contributed by atoms with van der Waals surface area (Å²) in [5.41, 5.74) is 6.73. The Kier molecular flexibility index (Phi) is 5.02. The Hall–Kier alpha value is -1.06. The molecule has 1 saturated carbocycles. The Bertz CT molecular complexity index is 363. The minimum Gasteiger partial charge on any atom is -0.494 e. The number of ether oxygens (including phenoxy) is 1. The molecule has 100 valence electrons. The summed E-state index contributed by atoms with van der Waals surface area (Å²) in [7, 11) is 2.20. The molecule has 0 aromatic heterocycles. The van der Waals surface area contributed by atoms with Gasteiger partial charge in [0.25, 0.3) is 0 Å². The number of hydrogen-bond acceptors (Lipinski definition) is 3. The molecule has 3 nitrogen and oxygen atoms in total. The third-order valence-electron chi connectivity index (χ3n) is 3.35. The summed E-state index contributed by atoms with van der Waals surface area (Å²) in [6, 6.07) is 8.04. The largest absolute Gasteiger partial charge is 0.494 e. The highest BCUT2D eigenvalue weighted by Crippen LogP contribution is 2.29. The van der Waals surface area contributed by atoms with Crippen molar-refractivity contribution in [2.24, 2.45) is 11.7 Å². The van der Waals surface area contributed by atoms with Crippen molar-refractivity contribution >= 4 is 0 Å². The van der Waals surface area contributed by atoms with Crippen LogP contribution in [0.5, 0.6) is 5.75 Å². The van der Waals surface area contributed by atoms with Gasteiger partial charge in [0.2, 0.25) is 0 Å². The first-order valence-corrected chi connectivity index (χ1v) is 6.88. The second kappa shape index (κ2) is 6.76. The van der Waals surface area contributed by atoms with Crippen LogP contribution in [0.2, 0.25) is 0 Å². The van der Waals surface area contributed by atoms with Gasteiger partial charge in [-0.15, -0.1) is 0 Å². The number of benzene rings is 1. The molecule has 0 unspecified atom stereocenters. The lowest BCUT2D eigenvalue weighted by molar-refractivity contribution is 0.257. The van der Waals surface area contributed by atoms with Gasteiger partial charge in [-0.2, -0.15) is 0 Å². The van der Waals surface area contributed by atoms with E-state index in [1.165, 1.54) is 19.4 Å². The van der Waals surface area contributed by atoms with Gasteiger partial charge in [-0.1, -0.05) is 12.1 Å². The van der Waals surface area contributed by atoms with Crippen molar-refractivity contribution in [1.82, 2.24) is 4.90 Å². The summed E-state index contributed by atoms with van der Waals surface area (Å²) in [5, 5.41) is 0. The average molecular weight is 248 g/mol. The lowest BCUT2D eigenvalue weighted by Gasteiger charge is -2.16. The van der Waals surface area contributed by atoms with Crippen LogP contribution in [0.1, 0.15) is 24.8 Å². The summed E-state index contributed by atoms with van der Waals surface area (Å²) in [4.78, 5) is 2.41. The number of rotatable bonds is 8. The Morgan fingerprint density at radius 1 is 1.39 bits per heavy atom. The van der Waals surface area contributed by atoms with Gasteiger partial charge < -0.3 is 15.4 Å². The van der Waals surface area contributed by atoms with E-state index in [0.717, 1.165) is 36.8 Å². The zero-order chi connectivity index (χ0) is 12.8. The molecule has 18 heavy (non-hydrogen) atoms. The predicted octanol–water partition coefficient (Wildman–Crippen LogP) is 2.26. The second-order valence-electron chi connectivity index (χ2n) is 5.26. The van der Waals surface area contributed by atoms with E-state index in [2.05, 4.69) is 11.9 Å². The molecular weight excluding hydrogens is 224 g/mol. The highest BCUT2D eigenvalue weighted by molar-refractivity contribution is 5.28. The first-order valence-electron chi connectivity index (χ1n) is 6.88. The van der Waals surface area contributed by atoms with E-state index in [9.17, 15) is 0 Å². The molecule has 0 heterocycles. The zero-order valence-electron chi connectivity index (χ0n) is 11.3. The van der Waals surface area contributed by atoms with Crippen molar-refractivity contribution in [3.05, 3.63) is 29.8 Å². The Balaban J connectivity index is 1.61. The standard InChI is InChI=1S/C15H24N2O/c1-17(12-13-6-7-13)8-3-9-18-15-5-2-4-14(10-15)11-16/h2,4-5,10,13H,3,6-9,11-12,16H2,1H3. The van der Waals surface area contributed by atoms with Gasteiger partial charge in [-0.3, -0.25) is 0 Å². The summed E-state index contributed by atoms with van der Waals surface area (Å²) < 4.78 is 5.74. The van der Waals surface area contributed by atoms with Crippen LogP contribution in [-0.4, -0.2) is 31.6 Å². The minimum absolute atomic E-state index is 0.571. The fourth-order valence-corrected chi connectivity index (χ4v) is 2.12. The first kappa shape index (κ1) is 13.4. The minimum atomic E-state index is 0.571. The third kappa shape index (κ3) is 4.67. The number of nitrogens with zero attached hydrogens (tertiary/aromatic N) is 1. The molecule has 1 aromatic carbocycles. The summed E-state index contributed by atoms with van der Waals surface area (Å²) in [6.45, 7) is 3.72. The number of hydrogen-bond donors (Lipinski definition) is 1. The van der Waals surface area contributed by atoms with Crippen LogP contribution < -0.4 is 10.5 Å². The van der Waals surface area contributed by atoms with Crippen molar-refractivity contribution in [3.8, 4) is 5.75 Å². The van der Waals surface area contributed by atoms with Crippen LogP contribution in [0, 0.1) is 5.92 Å². The van der Waals surface area contributed by atoms with Crippen molar-refractivity contribution in [2.45, 2.75) is 25.8 Å². The van der Waals surface area contributed by atoms with E-state index in [0.29, 0.717) is 6.54 Å². The molecule has 0 bridgehead atoms. The van der Waals surface area contributed by atoms with Crippen LogP contribution >= 0.6 is 0 Å². The maximum absolute atomic E-state index is 5.74. The smallest absolute Gasteiger partial charge is 0.119 e. The van der Waals surface area contributed by atoms with Crippen molar-refractivity contribution < 1.29 is 4.74 Å². The van der Waals surface area contributed by atoms with E-state index >= 15 is 0 Å². The Morgan fingerprint density at radius 3 is 2.94 bits per heavy atom. The fraction of sp³-hybridized carbons (Fsp3) is 0.600. The van der Waals surface area contributed by atoms with Crippen LogP contribution in [0.4, 0.5) is 0 Å². The molecule has 2 N–H and O–H groups in total. The number of nitrogens with two attached hydrogens (primary N) is 1. The molecule has 2 rings (SSSR count). The van der Waals surface area contributed by atoms with Crippen LogP contribution in [0.25, 0.3) is 0 Å². The van der Waals surface area contributed by atoms with Crippen LogP contribution in [0.3, 0.4) is 0 Å². The fourth-order valence-electron chi connectivity index (χ4n) is 2.12.